The van der Waals surface area contributed by atoms with Crippen LogP contribution in [0.3, 0.4) is 0 Å². The second kappa shape index (κ2) is 10.00. The SMILES string of the molecule is [C-]#[N+]c1ccc2c3cc4c(c5c6ccc([N+]#[C-])cc6n(c2c1)c35)C1(c2ccccc2-c2ccccc21)c1c-4cc2c3ccc(C#N)cc3n3c4cc(C#N)ccc4c1c23. The lowest BCUT2D eigenvalue weighted by Gasteiger charge is -2.32. The zero-order valence-corrected chi connectivity index (χ0v) is 30.9. The number of benzene rings is 8. The molecule has 0 unspecified atom stereocenters. The van der Waals surface area contributed by atoms with Gasteiger partial charge in [-0.3, -0.25) is 0 Å². The first-order valence-electron chi connectivity index (χ1n) is 19.4. The number of rotatable bonds is 0. The first kappa shape index (κ1) is 30.5. The van der Waals surface area contributed by atoms with Gasteiger partial charge in [-0.1, -0.05) is 84.9 Å². The molecule has 6 heteroatoms. The molecule has 0 saturated carbocycles. The molecule has 0 bridgehead atoms. The van der Waals surface area contributed by atoms with E-state index in [1.54, 1.807) is 0 Å². The van der Waals surface area contributed by atoms with Gasteiger partial charge in [0.15, 0.2) is 11.4 Å². The Labute approximate surface area is 335 Å². The van der Waals surface area contributed by atoms with E-state index >= 15 is 0 Å². The maximum absolute atomic E-state index is 10.2. The molecule has 2 aliphatic rings. The fourth-order valence-corrected chi connectivity index (χ4v) is 11.6. The minimum atomic E-state index is -0.761. The Kier molecular flexibility index (Phi) is 5.17. The van der Waals surface area contributed by atoms with E-state index in [1.807, 2.05) is 48.5 Å². The van der Waals surface area contributed by atoms with Crippen LogP contribution in [0.4, 0.5) is 11.4 Å². The summed E-state index contributed by atoms with van der Waals surface area (Å²) in [6.45, 7) is 15.9. The predicted octanol–water partition coefficient (Wildman–Crippen LogP) is 13.2. The Morgan fingerprint density at radius 1 is 0.441 bits per heavy atom. The van der Waals surface area contributed by atoms with Crippen LogP contribution in [0.1, 0.15) is 33.4 Å². The monoisotopic (exact) mass is 742 g/mol. The van der Waals surface area contributed by atoms with Gasteiger partial charge in [-0.25, -0.2) is 9.69 Å². The van der Waals surface area contributed by atoms with E-state index in [9.17, 15) is 10.5 Å². The van der Waals surface area contributed by atoms with Crippen molar-refractivity contribution in [1.29, 1.82) is 10.5 Å². The molecule has 0 N–H and O–H groups in total. The molecule has 264 valence electrons. The van der Waals surface area contributed by atoms with Crippen LogP contribution in [0, 0.1) is 35.8 Å². The van der Waals surface area contributed by atoms with E-state index < -0.39 is 5.41 Å². The predicted molar refractivity (Wildman–Crippen MR) is 234 cm³/mol. The minimum Gasteiger partial charge on any atom is -0.311 e. The van der Waals surface area contributed by atoms with Crippen LogP contribution in [0.2, 0.25) is 0 Å². The number of hydrogen-bond donors (Lipinski definition) is 0. The zero-order chi connectivity index (χ0) is 39.1. The molecule has 6 nitrogen and oxygen atoms in total. The van der Waals surface area contributed by atoms with Crippen LogP contribution in [0.15, 0.2) is 133 Å². The van der Waals surface area contributed by atoms with E-state index in [4.69, 9.17) is 13.1 Å². The molecule has 0 atom stereocenters. The Bertz CT molecular complexity index is 3910. The summed E-state index contributed by atoms with van der Waals surface area (Å²) in [6.07, 6.45) is 0. The van der Waals surface area contributed by atoms with Crippen molar-refractivity contribution in [2.75, 3.05) is 0 Å². The molecule has 0 amide bonds. The lowest BCUT2D eigenvalue weighted by atomic mass is 9.68. The molecule has 12 aromatic rings. The van der Waals surface area contributed by atoms with E-state index in [1.165, 1.54) is 33.4 Å². The summed E-state index contributed by atoms with van der Waals surface area (Å²) >= 11 is 0. The molecular formula is C53H22N6. The average Bonchev–Trinajstić information content (AvgIpc) is 4.11. The Morgan fingerprint density at radius 3 is 1.37 bits per heavy atom. The fourth-order valence-electron chi connectivity index (χ4n) is 11.6. The highest BCUT2D eigenvalue weighted by atomic mass is 14.9. The largest absolute Gasteiger partial charge is 0.311 e. The Morgan fingerprint density at radius 2 is 0.864 bits per heavy atom. The van der Waals surface area contributed by atoms with Gasteiger partial charge in [-0.05, 0) is 93.0 Å². The van der Waals surface area contributed by atoms with Crippen molar-refractivity contribution in [2.45, 2.75) is 5.41 Å². The van der Waals surface area contributed by atoms with Gasteiger partial charge >= 0.3 is 0 Å². The lowest BCUT2D eigenvalue weighted by Crippen LogP contribution is -2.26. The number of hydrogen-bond acceptors (Lipinski definition) is 2. The number of fused-ring (bicyclic) bond motifs is 24. The maximum atomic E-state index is 10.2. The Hall–Kier alpha value is -8.68. The normalized spacial score (nSPS) is 13.5. The minimum absolute atomic E-state index is 0.565. The topological polar surface area (TPSA) is 65.1 Å². The lowest BCUT2D eigenvalue weighted by molar-refractivity contribution is 0.810. The molecule has 0 radical (unpaired) electrons. The third-order valence-electron chi connectivity index (χ3n) is 13.6. The van der Waals surface area contributed by atoms with Gasteiger partial charge in [0.25, 0.3) is 0 Å². The number of aromatic nitrogens is 2. The molecule has 59 heavy (non-hydrogen) atoms. The summed E-state index contributed by atoms with van der Waals surface area (Å²) in [5, 5.41) is 29.0. The number of nitrogens with zero attached hydrogens (tertiary/aromatic N) is 6. The molecule has 4 heterocycles. The first-order valence-corrected chi connectivity index (χ1v) is 19.4. The molecular weight excluding hydrogens is 721 g/mol. The second-order valence-corrected chi connectivity index (χ2v) is 16.0. The van der Waals surface area contributed by atoms with Crippen LogP contribution in [0.5, 0.6) is 0 Å². The molecule has 0 saturated heterocycles. The van der Waals surface area contributed by atoms with E-state index in [-0.39, 0.29) is 0 Å². The van der Waals surface area contributed by atoms with Crippen molar-refractivity contribution in [2.24, 2.45) is 0 Å². The van der Waals surface area contributed by atoms with Gasteiger partial charge in [-0.2, -0.15) is 10.5 Å². The number of nitriles is 2. The van der Waals surface area contributed by atoms with E-state index in [0.717, 1.165) is 87.3 Å². The van der Waals surface area contributed by atoms with Crippen molar-refractivity contribution in [3.63, 3.8) is 0 Å². The summed E-state index contributed by atoms with van der Waals surface area (Å²) in [7, 11) is 0. The molecule has 4 aromatic heterocycles. The molecule has 1 spiro atoms. The van der Waals surface area contributed by atoms with Crippen molar-refractivity contribution < 1.29 is 0 Å². The summed E-state index contributed by atoms with van der Waals surface area (Å²) in [5.41, 5.74) is 17.0. The molecule has 0 fully saturated rings. The van der Waals surface area contributed by atoms with E-state index in [0.29, 0.717) is 22.5 Å². The molecule has 8 aromatic carbocycles. The highest BCUT2D eigenvalue weighted by Gasteiger charge is 2.54. The first-order chi connectivity index (χ1) is 29.1. The van der Waals surface area contributed by atoms with Crippen LogP contribution >= 0.6 is 0 Å². The van der Waals surface area contributed by atoms with Gasteiger partial charge < -0.3 is 8.80 Å². The quantitative estimate of drug-likeness (QED) is 0.145. The van der Waals surface area contributed by atoms with Crippen LogP contribution in [0.25, 0.3) is 108 Å². The van der Waals surface area contributed by atoms with Gasteiger partial charge in [-0.15, -0.1) is 0 Å². The van der Waals surface area contributed by atoms with Crippen molar-refractivity contribution in [1.82, 2.24) is 8.80 Å². The van der Waals surface area contributed by atoms with Crippen LogP contribution in [-0.2, 0) is 5.41 Å². The third kappa shape index (κ3) is 3.22. The smallest absolute Gasteiger partial charge is 0.189 e. The fraction of sp³-hybridized carbons (Fsp3) is 0.0189. The standard InChI is InChI=1S/C53H22N6/c1-56-29-13-17-34-40-24-38-37-23-39-33-15-11-27(25-54)19-43(33)58-44-20-28(26-55)12-16-35(44)47(51(39)58)49(37)53(41-9-5-3-7-31(41)32-8-4-6-10-42(32)53)50(38)48-36-18-14-30(57-2)22-46(36)59(52(40)48)45(34)21-29/h3-24H. The highest BCUT2D eigenvalue weighted by Crippen LogP contribution is 2.68. The van der Waals surface area contributed by atoms with Crippen molar-refractivity contribution in [3.8, 4) is 34.4 Å². The van der Waals surface area contributed by atoms with Gasteiger partial charge in [0.1, 0.15) is 0 Å². The van der Waals surface area contributed by atoms with E-state index in [2.05, 4.69) is 116 Å². The second-order valence-electron chi connectivity index (χ2n) is 16.0. The zero-order valence-electron chi connectivity index (χ0n) is 30.9. The average molecular weight is 743 g/mol. The van der Waals surface area contributed by atoms with Gasteiger partial charge in [0, 0.05) is 54.1 Å². The highest BCUT2D eigenvalue weighted by molar-refractivity contribution is 6.32. The summed E-state index contributed by atoms with van der Waals surface area (Å²) < 4.78 is 4.58. The van der Waals surface area contributed by atoms with Crippen LogP contribution in [-0.4, -0.2) is 8.80 Å². The van der Waals surface area contributed by atoms with Crippen LogP contribution < -0.4 is 0 Å². The summed E-state index contributed by atoms with van der Waals surface area (Å²) in [6, 6.07) is 51.3. The summed E-state index contributed by atoms with van der Waals surface area (Å²) in [5.74, 6) is 0. The molecule has 0 aliphatic heterocycles. The van der Waals surface area contributed by atoms with Gasteiger partial charge in [0.05, 0.1) is 63.9 Å². The maximum Gasteiger partial charge on any atom is 0.189 e. The molecule has 2 aliphatic carbocycles. The van der Waals surface area contributed by atoms with Crippen molar-refractivity contribution in [3.05, 3.63) is 190 Å². The van der Waals surface area contributed by atoms with Gasteiger partial charge in [0.2, 0.25) is 0 Å². The molecule has 14 rings (SSSR count). The van der Waals surface area contributed by atoms with Crippen molar-refractivity contribution >= 4 is 87.6 Å². The Balaban J connectivity index is 1.32. The third-order valence-corrected chi connectivity index (χ3v) is 13.6. The summed E-state index contributed by atoms with van der Waals surface area (Å²) in [4.78, 5) is 7.72.